The van der Waals surface area contributed by atoms with Gasteiger partial charge in [-0.1, -0.05) is 0 Å². The number of hydrogen-bond donors (Lipinski definition) is 0. The van der Waals surface area contributed by atoms with Gasteiger partial charge in [0.2, 0.25) is 0 Å². The number of rotatable bonds is 0. The third kappa shape index (κ3) is 0.555. The molecule has 5 saturated heterocycles. The molecule has 8 atom stereocenters. The topological polar surface area (TPSA) is 46.2 Å². The van der Waals surface area contributed by atoms with E-state index in [0.29, 0.717) is 29.6 Å². The molecule has 0 N–H and O–H groups in total. The molecule has 1 aliphatic carbocycles. The summed E-state index contributed by atoms with van der Waals surface area (Å²) in [6.07, 6.45) is -0.419. The molecule has 6 rings (SSSR count). The summed E-state index contributed by atoms with van der Waals surface area (Å²) in [6, 6.07) is 0. The first-order valence-electron chi connectivity index (χ1n) is 6.08. The van der Waals surface area contributed by atoms with Crippen molar-refractivity contribution in [1.82, 2.24) is 0 Å². The first-order chi connectivity index (χ1) is 7.76. The Kier molecular flexibility index (Phi) is 0.986. The van der Waals surface area contributed by atoms with Crippen LogP contribution in [0.2, 0.25) is 0 Å². The van der Waals surface area contributed by atoms with Crippen molar-refractivity contribution in [2.75, 3.05) is 0 Å². The van der Waals surface area contributed by atoms with E-state index in [1.165, 1.54) is 0 Å². The smallest absolute Gasteiger partial charge is 0.175 e. The molecule has 16 heavy (non-hydrogen) atoms. The van der Waals surface area contributed by atoms with Gasteiger partial charge >= 0.3 is 0 Å². The molecule has 5 heterocycles. The molecule has 1 saturated carbocycles. The van der Waals surface area contributed by atoms with Gasteiger partial charge in [0.15, 0.2) is 30.9 Å². The maximum absolute atomic E-state index is 5.94. The molecule has 5 heteroatoms. The van der Waals surface area contributed by atoms with Gasteiger partial charge in [-0.3, -0.25) is 0 Å². The summed E-state index contributed by atoms with van der Waals surface area (Å²) >= 11 is 0. The second-order valence-electron chi connectivity index (χ2n) is 5.97. The normalized spacial score (nSPS) is 80.4. The van der Waals surface area contributed by atoms with E-state index in [2.05, 4.69) is 0 Å². The first-order valence-corrected chi connectivity index (χ1v) is 6.08. The van der Waals surface area contributed by atoms with Crippen LogP contribution in [0, 0.1) is 29.6 Å². The van der Waals surface area contributed by atoms with Crippen molar-refractivity contribution in [2.24, 2.45) is 29.6 Å². The Morgan fingerprint density at radius 2 is 1.19 bits per heavy atom. The van der Waals surface area contributed by atoms with Crippen molar-refractivity contribution in [3.63, 3.8) is 0 Å². The number of hydrogen-bond acceptors (Lipinski definition) is 5. The second-order valence-corrected chi connectivity index (χ2v) is 5.97. The molecule has 6 aliphatic rings. The minimum Gasteiger partial charge on any atom is -0.323 e. The molecule has 0 aromatic heterocycles. The van der Waals surface area contributed by atoms with E-state index in [1.54, 1.807) is 0 Å². The minimum absolute atomic E-state index is 0.0962. The Morgan fingerprint density at radius 1 is 0.688 bits per heavy atom. The lowest BCUT2D eigenvalue weighted by atomic mass is 9.86. The van der Waals surface area contributed by atoms with E-state index in [4.69, 9.17) is 23.7 Å². The van der Waals surface area contributed by atoms with Crippen LogP contribution in [0.3, 0.4) is 0 Å². The van der Waals surface area contributed by atoms with Crippen molar-refractivity contribution in [3.8, 4) is 0 Å². The summed E-state index contributed by atoms with van der Waals surface area (Å²) in [5.74, 6) is 1.83. The van der Waals surface area contributed by atoms with Crippen LogP contribution in [-0.2, 0) is 23.7 Å². The van der Waals surface area contributed by atoms with Crippen LogP contribution < -0.4 is 0 Å². The number of ether oxygens (including phenoxy) is 5. The maximum Gasteiger partial charge on any atom is 0.175 e. The lowest BCUT2D eigenvalue weighted by Crippen LogP contribution is -2.35. The third-order valence-corrected chi connectivity index (χ3v) is 5.53. The monoisotopic (exact) mass is 224 g/mol. The summed E-state index contributed by atoms with van der Waals surface area (Å²) < 4.78 is 29.3. The van der Waals surface area contributed by atoms with Crippen LogP contribution in [0.25, 0.3) is 0 Å². The van der Waals surface area contributed by atoms with Crippen LogP contribution in [0.15, 0.2) is 0 Å². The molecule has 8 unspecified atom stereocenters. The molecule has 0 amide bonds. The highest BCUT2D eigenvalue weighted by molar-refractivity contribution is 5.18. The van der Waals surface area contributed by atoms with Crippen LogP contribution in [-0.4, -0.2) is 30.9 Å². The first kappa shape index (κ1) is 8.00. The molecule has 0 aromatic carbocycles. The molecule has 0 spiro atoms. The summed E-state index contributed by atoms with van der Waals surface area (Å²) in [7, 11) is 0. The van der Waals surface area contributed by atoms with Crippen LogP contribution in [0.5, 0.6) is 0 Å². The summed E-state index contributed by atoms with van der Waals surface area (Å²) in [4.78, 5) is 0. The highest BCUT2D eigenvalue weighted by Crippen LogP contribution is 2.73. The molecule has 5 nitrogen and oxygen atoms in total. The third-order valence-electron chi connectivity index (χ3n) is 5.53. The average molecular weight is 224 g/mol. The minimum atomic E-state index is -0.481. The predicted octanol–water partition coefficient (Wildman–Crippen LogP) is 0.253. The molecule has 0 radical (unpaired) electrons. The predicted molar refractivity (Wildman–Crippen MR) is 46.4 cm³/mol. The van der Waals surface area contributed by atoms with Gasteiger partial charge in [-0.05, 0) is 6.92 Å². The van der Waals surface area contributed by atoms with E-state index < -0.39 is 5.79 Å². The summed E-state index contributed by atoms with van der Waals surface area (Å²) in [5, 5.41) is 0. The molecular weight excluding hydrogens is 212 g/mol. The summed E-state index contributed by atoms with van der Waals surface area (Å²) in [6.45, 7) is 2.03. The Balaban J connectivity index is 1.65. The zero-order valence-electron chi connectivity index (χ0n) is 8.74. The lowest BCUT2D eigenvalue weighted by Gasteiger charge is -2.27. The highest BCUT2D eigenvalue weighted by atomic mass is 16.9. The molecule has 5 aliphatic heterocycles. The average Bonchev–Trinajstić information content (AvgIpc) is 2.88. The molecule has 0 bridgehead atoms. The lowest BCUT2D eigenvalue weighted by molar-refractivity contribution is -0.350. The van der Waals surface area contributed by atoms with Gasteiger partial charge in [0.25, 0.3) is 0 Å². The van der Waals surface area contributed by atoms with Crippen molar-refractivity contribution >= 4 is 0 Å². The Labute approximate surface area is 91.9 Å². The van der Waals surface area contributed by atoms with Crippen LogP contribution in [0.1, 0.15) is 6.92 Å². The largest absolute Gasteiger partial charge is 0.323 e. The van der Waals surface area contributed by atoms with Crippen LogP contribution >= 0.6 is 0 Å². The Bertz CT molecular complexity index is 379. The van der Waals surface area contributed by atoms with Crippen molar-refractivity contribution < 1.29 is 23.7 Å². The van der Waals surface area contributed by atoms with Gasteiger partial charge in [0.1, 0.15) is 0 Å². The SMILES string of the molecule is CC12OC3OC4OC5OC(O1)C1C5C4C3C12. The van der Waals surface area contributed by atoms with Gasteiger partial charge in [0.05, 0.1) is 0 Å². The fraction of sp³-hybridized carbons (Fsp3) is 1.00. The molecule has 0 aromatic rings. The van der Waals surface area contributed by atoms with Gasteiger partial charge in [0, 0.05) is 29.6 Å². The van der Waals surface area contributed by atoms with Gasteiger partial charge in [-0.25, -0.2) is 0 Å². The van der Waals surface area contributed by atoms with E-state index in [0.717, 1.165) is 0 Å². The van der Waals surface area contributed by atoms with E-state index in [1.807, 2.05) is 6.92 Å². The van der Waals surface area contributed by atoms with E-state index in [9.17, 15) is 0 Å². The molecular formula is C11H12O5. The van der Waals surface area contributed by atoms with Gasteiger partial charge < -0.3 is 23.7 Å². The van der Waals surface area contributed by atoms with E-state index in [-0.39, 0.29) is 25.2 Å². The second kappa shape index (κ2) is 1.97. The fourth-order valence-electron chi connectivity index (χ4n) is 5.24. The van der Waals surface area contributed by atoms with Crippen molar-refractivity contribution in [3.05, 3.63) is 0 Å². The Hall–Kier alpha value is -0.200. The van der Waals surface area contributed by atoms with Crippen LogP contribution in [0.4, 0.5) is 0 Å². The maximum atomic E-state index is 5.94. The fourth-order valence-corrected chi connectivity index (χ4v) is 5.24. The quantitative estimate of drug-likeness (QED) is 0.590. The van der Waals surface area contributed by atoms with Gasteiger partial charge in [-0.15, -0.1) is 0 Å². The molecule has 86 valence electrons. The van der Waals surface area contributed by atoms with Crippen molar-refractivity contribution in [2.45, 2.75) is 37.9 Å². The Morgan fingerprint density at radius 3 is 1.75 bits per heavy atom. The van der Waals surface area contributed by atoms with Crippen molar-refractivity contribution in [1.29, 1.82) is 0 Å². The molecule has 6 fully saturated rings. The highest BCUT2D eigenvalue weighted by Gasteiger charge is 2.82. The van der Waals surface area contributed by atoms with E-state index >= 15 is 0 Å². The standard InChI is InChI=1S/C11H12O5/c1-11-6-4-2-3-5(6)10(16-11)14-8(3)12-7(2)13-9(4)15-11/h2-10H,1H3. The zero-order valence-corrected chi connectivity index (χ0v) is 8.74. The van der Waals surface area contributed by atoms with Gasteiger partial charge in [-0.2, -0.15) is 0 Å². The summed E-state index contributed by atoms with van der Waals surface area (Å²) in [5.41, 5.74) is 0. The zero-order chi connectivity index (χ0) is 10.2.